The van der Waals surface area contributed by atoms with Gasteiger partial charge in [0.15, 0.2) is 0 Å². The smallest absolute Gasteiger partial charge is 0.131 e. The Morgan fingerprint density at radius 2 is 1.73 bits per heavy atom. The molecule has 11 heavy (non-hydrogen) atoms. The first-order valence-electron chi connectivity index (χ1n) is 2.54. The molecule has 0 amide bonds. The molecular weight excluding hydrogens is 297 g/mol. The van der Waals surface area contributed by atoms with Crippen LogP contribution in [0.3, 0.4) is 0 Å². The topological polar surface area (TPSA) is 46.2 Å². The highest BCUT2D eigenvalue weighted by atomic mass is 79.9. The average Bonchev–Trinajstić information content (AvgIpc) is 1.84. The van der Waals surface area contributed by atoms with Crippen LogP contribution in [-0.2, 0) is 0 Å². The number of phenols is 1. The summed E-state index contributed by atoms with van der Waals surface area (Å²) in [5.41, 5.74) is 5.99. The molecule has 3 N–H and O–H groups in total. The van der Waals surface area contributed by atoms with E-state index in [1.807, 2.05) is 0 Å². The van der Waals surface area contributed by atoms with Gasteiger partial charge in [-0.05, 0) is 37.9 Å². The largest absolute Gasteiger partial charge is 0.507 e. The maximum Gasteiger partial charge on any atom is 0.131 e. The number of phenolic OH excluding ortho intramolecular Hbond substituents is 1. The second-order valence-corrected chi connectivity index (χ2v) is 3.53. The van der Waals surface area contributed by atoms with Crippen molar-refractivity contribution >= 4 is 50.0 Å². The molecule has 2 nitrogen and oxygen atoms in total. The molecule has 0 unspecified atom stereocenters. The first-order valence-corrected chi connectivity index (χ1v) is 4.13. The van der Waals surface area contributed by atoms with Crippen LogP contribution >= 0.6 is 44.3 Å². The van der Waals surface area contributed by atoms with E-state index in [4.69, 9.17) is 10.8 Å². The Morgan fingerprint density at radius 3 is 2.18 bits per heavy atom. The Morgan fingerprint density at radius 1 is 1.18 bits per heavy atom. The van der Waals surface area contributed by atoms with Crippen LogP contribution in [0.25, 0.3) is 0 Å². The molecule has 0 saturated carbocycles. The fourth-order valence-corrected chi connectivity index (χ4v) is 1.55. The lowest BCUT2D eigenvalue weighted by atomic mass is 10.3. The fourth-order valence-electron chi connectivity index (χ4n) is 0.554. The molecular formula is C6H6Br2ClNO. The third-order valence-electron chi connectivity index (χ3n) is 1.07. The highest BCUT2D eigenvalue weighted by Gasteiger charge is 2.01. The van der Waals surface area contributed by atoms with Gasteiger partial charge < -0.3 is 10.8 Å². The maximum atomic E-state index is 9.08. The standard InChI is InChI=1S/C6H5Br2NO.ClH/c7-3-1-4(8)6(10)2-5(3)9;/h1-2,10H,9H2;1H. The lowest BCUT2D eigenvalue weighted by Gasteiger charge is -2.00. The van der Waals surface area contributed by atoms with Crippen LogP contribution in [0.2, 0.25) is 0 Å². The van der Waals surface area contributed by atoms with Crippen molar-refractivity contribution in [2.45, 2.75) is 0 Å². The predicted molar refractivity (Wildman–Crippen MR) is 55.2 cm³/mol. The van der Waals surface area contributed by atoms with Crippen LogP contribution < -0.4 is 5.73 Å². The number of hydrogen-bond donors (Lipinski definition) is 2. The van der Waals surface area contributed by atoms with E-state index in [0.29, 0.717) is 10.2 Å². The van der Waals surface area contributed by atoms with Crippen molar-refractivity contribution in [2.24, 2.45) is 0 Å². The van der Waals surface area contributed by atoms with Crippen LogP contribution in [0.15, 0.2) is 21.1 Å². The molecule has 0 radical (unpaired) electrons. The van der Waals surface area contributed by atoms with Crippen molar-refractivity contribution in [1.82, 2.24) is 0 Å². The van der Waals surface area contributed by atoms with Crippen LogP contribution in [-0.4, -0.2) is 5.11 Å². The van der Waals surface area contributed by atoms with Gasteiger partial charge in [0.05, 0.1) is 4.47 Å². The quantitative estimate of drug-likeness (QED) is 0.724. The number of nitrogen functional groups attached to an aromatic ring is 1. The number of halogens is 3. The molecule has 0 aromatic heterocycles. The molecule has 5 heteroatoms. The van der Waals surface area contributed by atoms with Gasteiger partial charge in [0, 0.05) is 16.2 Å². The van der Waals surface area contributed by atoms with E-state index in [1.54, 1.807) is 6.07 Å². The lowest BCUT2D eigenvalue weighted by Crippen LogP contribution is -1.85. The molecule has 0 spiro atoms. The highest BCUT2D eigenvalue weighted by Crippen LogP contribution is 2.31. The van der Waals surface area contributed by atoms with Gasteiger partial charge in [-0.15, -0.1) is 12.4 Å². The Labute approximate surface area is 87.5 Å². The summed E-state index contributed by atoms with van der Waals surface area (Å²) in [5.74, 6) is 0.153. The fraction of sp³-hybridized carbons (Fsp3) is 0. The van der Waals surface area contributed by atoms with Gasteiger partial charge in [-0.2, -0.15) is 0 Å². The molecule has 1 aromatic carbocycles. The predicted octanol–water partition coefficient (Wildman–Crippen LogP) is 2.92. The zero-order chi connectivity index (χ0) is 7.72. The van der Waals surface area contributed by atoms with Crippen LogP contribution in [0.1, 0.15) is 0 Å². The van der Waals surface area contributed by atoms with Gasteiger partial charge in [-0.3, -0.25) is 0 Å². The van der Waals surface area contributed by atoms with Gasteiger partial charge in [-0.1, -0.05) is 0 Å². The van der Waals surface area contributed by atoms with Gasteiger partial charge >= 0.3 is 0 Å². The van der Waals surface area contributed by atoms with Crippen LogP contribution in [0, 0.1) is 0 Å². The minimum absolute atomic E-state index is 0. The van der Waals surface area contributed by atoms with E-state index in [9.17, 15) is 0 Å². The van der Waals surface area contributed by atoms with E-state index in [0.717, 1.165) is 4.47 Å². The summed E-state index contributed by atoms with van der Waals surface area (Å²) in [5, 5.41) is 9.08. The summed E-state index contributed by atoms with van der Waals surface area (Å²) in [6, 6.07) is 3.18. The number of benzene rings is 1. The van der Waals surface area contributed by atoms with Gasteiger partial charge in [0.1, 0.15) is 5.75 Å². The molecule has 0 saturated heterocycles. The van der Waals surface area contributed by atoms with Gasteiger partial charge in [-0.25, -0.2) is 0 Å². The minimum atomic E-state index is 0. The summed E-state index contributed by atoms with van der Waals surface area (Å²) in [6.07, 6.45) is 0. The van der Waals surface area contributed by atoms with Crippen molar-refractivity contribution in [3.05, 3.63) is 21.1 Å². The van der Waals surface area contributed by atoms with E-state index in [1.165, 1.54) is 6.07 Å². The van der Waals surface area contributed by atoms with Crippen molar-refractivity contribution in [1.29, 1.82) is 0 Å². The third-order valence-corrected chi connectivity index (χ3v) is 2.39. The monoisotopic (exact) mass is 301 g/mol. The second-order valence-electron chi connectivity index (χ2n) is 1.83. The third kappa shape index (κ3) is 2.54. The van der Waals surface area contributed by atoms with Crippen molar-refractivity contribution < 1.29 is 5.11 Å². The maximum absolute atomic E-state index is 9.08. The van der Waals surface area contributed by atoms with Crippen LogP contribution in [0.4, 0.5) is 5.69 Å². The molecule has 0 heterocycles. The van der Waals surface area contributed by atoms with Gasteiger partial charge in [0.25, 0.3) is 0 Å². The molecule has 1 aromatic rings. The Kier molecular flexibility index (Phi) is 4.21. The zero-order valence-electron chi connectivity index (χ0n) is 5.34. The summed E-state index contributed by atoms with van der Waals surface area (Å²) in [6.45, 7) is 0. The number of anilines is 1. The first-order chi connectivity index (χ1) is 4.61. The number of aromatic hydroxyl groups is 1. The average molecular weight is 303 g/mol. The molecule has 0 bridgehead atoms. The first kappa shape index (κ1) is 11.1. The number of nitrogens with two attached hydrogens (primary N) is 1. The molecule has 0 aliphatic heterocycles. The second kappa shape index (κ2) is 4.18. The van der Waals surface area contributed by atoms with Crippen molar-refractivity contribution in [3.8, 4) is 5.75 Å². The molecule has 0 aliphatic carbocycles. The molecule has 0 aliphatic rings. The van der Waals surface area contributed by atoms with E-state index in [-0.39, 0.29) is 18.2 Å². The molecule has 62 valence electrons. The van der Waals surface area contributed by atoms with Crippen molar-refractivity contribution in [3.63, 3.8) is 0 Å². The van der Waals surface area contributed by atoms with E-state index < -0.39 is 0 Å². The minimum Gasteiger partial charge on any atom is -0.507 e. The summed E-state index contributed by atoms with van der Waals surface area (Å²) < 4.78 is 1.41. The molecule has 1 rings (SSSR count). The van der Waals surface area contributed by atoms with Crippen LogP contribution in [0.5, 0.6) is 5.75 Å². The van der Waals surface area contributed by atoms with E-state index in [2.05, 4.69) is 31.9 Å². The molecule has 0 fully saturated rings. The SMILES string of the molecule is Cl.Nc1cc(O)c(Br)cc1Br. The normalized spacial score (nSPS) is 8.91. The lowest BCUT2D eigenvalue weighted by molar-refractivity contribution is 0.472. The number of rotatable bonds is 0. The van der Waals surface area contributed by atoms with Crippen molar-refractivity contribution in [2.75, 3.05) is 5.73 Å². The molecule has 0 atom stereocenters. The summed E-state index contributed by atoms with van der Waals surface area (Å²) in [4.78, 5) is 0. The van der Waals surface area contributed by atoms with E-state index >= 15 is 0 Å². The highest BCUT2D eigenvalue weighted by molar-refractivity contribution is 9.11. The summed E-state index contributed by atoms with van der Waals surface area (Å²) >= 11 is 6.36. The van der Waals surface area contributed by atoms with Gasteiger partial charge in [0.2, 0.25) is 0 Å². The zero-order valence-corrected chi connectivity index (χ0v) is 9.33. The number of hydrogen-bond acceptors (Lipinski definition) is 2. The Bertz CT molecular complexity index is 217. The Balaban J connectivity index is 0.000001000. The summed E-state index contributed by atoms with van der Waals surface area (Å²) in [7, 11) is 0. The Hall–Kier alpha value is 0.0700.